The lowest BCUT2D eigenvalue weighted by molar-refractivity contribution is 0.340. The Morgan fingerprint density at radius 1 is 1.00 bits per heavy atom. The van der Waals surface area contributed by atoms with Crippen LogP contribution in [0.5, 0.6) is 5.75 Å². The number of hydrogen-bond donors (Lipinski definition) is 2. The summed E-state index contributed by atoms with van der Waals surface area (Å²) in [5.41, 5.74) is 3.65. The third kappa shape index (κ3) is 4.43. The lowest BCUT2D eigenvalue weighted by atomic mass is 10.2. The largest absolute Gasteiger partial charge is 0.494 e. The molecule has 0 saturated carbocycles. The molecule has 0 radical (unpaired) electrons. The second kappa shape index (κ2) is 8.06. The highest BCUT2D eigenvalue weighted by Crippen LogP contribution is 2.26. The van der Waals surface area contributed by atoms with Gasteiger partial charge >= 0.3 is 0 Å². The van der Waals surface area contributed by atoms with Gasteiger partial charge in [-0.15, -0.1) is 0 Å². The fourth-order valence-electron chi connectivity index (χ4n) is 2.50. The Kier molecular flexibility index (Phi) is 5.58. The minimum atomic E-state index is 0.524. The first kappa shape index (κ1) is 18.0. The summed E-state index contributed by atoms with van der Waals surface area (Å²) in [5.74, 6) is 2.06. The molecule has 0 bridgehead atoms. The monoisotopic (exact) mass is 368 g/mol. The molecule has 134 valence electrons. The molecule has 0 aliphatic heterocycles. The van der Waals surface area contributed by atoms with Crippen LogP contribution in [0.15, 0.2) is 48.5 Å². The number of rotatable bonds is 6. The van der Waals surface area contributed by atoms with E-state index in [0.717, 1.165) is 28.4 Å². The van der Waals surface area contributed by atoms with E-state index >= 15 is 0 Å². The normalized spacial score (nSPS) is 10.5. The fraction of sp³-hybridized carbons (Fsp3) is 0.200. The van der Waals surface area contributed by atoms with Crippen molar-refractivity contribution in [2.75, 3.05) is 17.2 Å². The molecule has 1 heterocycles. The van der Waals surface area contributed by atoms with Gasteiger partial charge in [-0.05, 0) is 62.7 Å². The molecule has 3 aromatic rings. The molecule has 2 aromatic carbocycles. The van der Waals surface area contributed by atoms with Gasteiger partial charge in [-0.25, -0.2) is 4.98 Å². The first-order valence-electron chi connectivity index (χ1n) is 8.43. The van der Waals surface area contributed by atoms with Gasteiger partial charge in [0.15, 0.2) is 0 Å². The Morgan fingerprint density at radius 2 is 1.77 bits per heavy atom. The predicted octanol–water partition coefficient (Wildman–Crippen LogP) is 5.63. The van der Waals surface area contributed by atoms with Crippen molar-refractivity contribution in [1.29, 1.82) is 0 Å². The standard InChI is InChI=1S/C20H21ClN4O/c1-4-26-16-10-8-15(9-11-16)23-20-22-13(2)12-19(25-20)24-18-7-5-6-17(21)14(18)3/h5-12H,4H2,1-3H3,(H2,22,23,24,25). The van der Waals surface area contributed by atoms with Gasteiger partial charge in [-0.3, -0.25) is 0 Å². The number of ether oxygens (including phenoxy) is 1. The maximum Gasteiger partial charge on any atom is 0.229 e. The van der Waals surface area contributed by atoms with Crippen molar-refractivity contribution in [3.05, 3.63) is 64.8 Å². The number of nitrogens with one attached hydrogen (secondary N) is 2. The molecule has 2 N–H and O–H groups in total. The molecule has 0 aliphatic rings. The van der Waals surface area contributed by atoms with Crippen molar-refractivity contribution in [2.45, 2.75) is 20.8 Å². The minimum absolute atomic E-state index is 0.524. The van der Waals surface area contributed by atoms with Gasteiger partial charge in [0.05, 0.1) is 6.61 Å². The summed E-state index contributed by atoms with van der Waals surface area (Å²) in [6.45, 7) is 6.51. The van der Waals surface area contributed by atoms with Crippen molar-refractivity contribution in [3.63, 3.8) is 0 Å². The van der Waals surface area contributed by atoms with Gasteiger partial charge in [0, 0.05) is 28.2 Å². The Bertz CT molecular complexity index is 897. The van der Waals surface area contributed by atoms with Crippen molar-refractivity contribution in [3.8, 4) is 5.75 Å². The van der Waals surface area contributed by atoms with Crippen molar-refractivity contribution < 1.29 is 4.74 Å². The number of aryl methyl sites for hydroxylation is 1. The third-order valence-corrected chi connectivity index (χ3v) is 4.22. The second-order valence-corrected chi connectivity index (χ2v) is 6.25. The van der Waals surface area contributed by atoms with Gasteiger partial charge < -0.3 is 15.4 Å². The van der Waals surface area contributed by atoms with E-state index in [-0.39, 0.29) is 0 Å². The lowest BCUT2D eigenvalue weighted by Gasteiger charge is -2.12. The van der Waals surface area contributed by atoms with E-state index in [0.29, 0.717) is 23.4 Å². The summed E-state index contributed by atoms with van der Waals surface area (Å²) in [7, 11) is 0. The van der Waals surface area contributed by atoms with Gasteiger partial charge in [-0.2, -0.15) is 4.98 Å². The average molecular weight is 369 g/mol. The van der Waals surface area contributed by atoms with Crippen LogP contribution < -0.4 is 15.4 Å². The Balaban J connectivity index is 1.80. The van der Waals surface area contributed by atoms with E-state index in [4.69, 9.17) is 16.3 Å². The highest BCUT2D eigenvalue weighted by molar-refractivity contribution is 6.31. The van der Waals surface area contributed by atoms with E-state index in [2.05, 4.69) is 20.6 Å². The number of aromatic nitrogens is 2. The number of hydrogen-bond acceptors (Lipinski definition) is 5. The number of anilines is 4. The first-order chi connectivity index (χ1) is 12.5. The van der Waals surface area contributed by atoms with Crippen LogP contribution >= 0.6 is 11.6 Å². The Hall–Kier alpha value is -2.79. The van der Waals surface area contributed by atoms with Crippen LogP contribution in [-0.2, 0) is 0 Å². The smallest absolute Gasteiger partial charge is 0.229 e. The van der Waals surface area contributed by atoms with E-state index in [1.54, 1.807) is 0 Å². The lowest BCUT2D eigenvalue weighted by Crippen LogP contribution is -2.03. The van der Waals surface area contributed by atoms with Crippen LogP contribution in [0.2, 0.25) is 5.02 Å². The summed E-state index contributed by atoms with van der Waals surface area (Å²) in [5, 5.41) is 7.25. The third-order valence-electron chi connectivity index (χ3n) is 3.81. The van der Waals surface area contributed by atoms with E-state index in [1.165, 1.54) is 0 Å². The van der Waals surface area contributed by atoms with Gasteiger partial charge in [0.25, 0.3) is 0 Å². The first-order valence-corrected chi connectivity index (χ1v) is 8.80. The summed E-state index contributed by atoms with van der Waals surface area (Å²) in [6, 6.07) is 15.3. The highest BCUT2D eigenvalue weighted by atomic mass is 35.5. The number of nitrogens with zero attached hydrogens (tertiary/aromatic N) is 2. The minimum Gasteiger partial charge on any atom is -0.494 e. The molecule has 0 saturated heterocycles. The topological polar surface area (TPSA) is 59.1 Å². The summed E-state index contributed by atoms with van der Waals surface area (Å²) in [4.78, 5) is 9.00. The van der Waals surface area contributed by atoms with Crippen LogP contribution in [0.1, 0.15) is 18.2 Å². The van der Waals surface area contributed by atoms with Crippen molar-refractivity contribution in [2.24, 2.45) is 0 Å². The van der Waals surface area contributed by atoms with Crippen LogP contribution in [-0.4, -0.2) is 16.6 Å². The molecule has 5 nitrogen and oxygen atoms in total. The maximum atomic E-state index is 6.19. The van der Waals surface area contributed by atoms with Crippen LogP contribution in [0.3, 0.4) is 0 Å². The Labute approximate surface area is 158 Å². The molecule has 0 atom stereocenters. The van der Waals surface area contributed by atoms with Crippen molar-refractivity contribution in [1.82, 2.24) is 9.97 Å². The van der Waals surface area contributed by atoms with E-state index in [9.17, 15) is 0 Å². The molecule has 26 heavy (non-hydrogen) atoms. The van der Waals surface area contributed by atoms with Gasteiger partial charge in [-0.1, -0.05) is 17.7 Å². The molecule has 0 spiro atoms. The molecule has 1 aromatic heterocycles. The van der Waals surface area contributed by atoms with Crippen LogP contribution in [0.4, 0.5) is 23.1 Å². The zero-order valence-electron chi connectivity index (χ0n) is 15.0. The molecule has 3 rings (SSSR count). The van der Waals surface area contributed by atoms with Gasteiger partial charge in [0.1, 0.15) is 11.6 Å². The zero-order valence-corrected chi connectivity index (χ0v) is 15.8. The molecule has 0 unspecified atom stereocenters. The SMILES string of the molecule is CCOc1ccc(Nc2nc(C)cc(Nc3cccc(Cl)c3C)n2)cc1. The molecular formula is C20H21ClN4O. The zero-order chi connectivity index (χ0) is 18.5. The summed E-state index contributed by atoms with van der Waals surface area (Å²) in [6.07, 6.45) is 0. The van der Waals surface area contributed by atoms with E-state index < -0.39 is 0 Å². The number of halogens is 1. The Morgan fingerprint density at radius 3 is 2.50 bits per heavy atom. The number of benzene rings is 2. The quantitative estimate of drug-likeness (QED) is 0.590. The summed E-state index contributed by atoms with van der Waals surface area (Å²) >= 11 is 6.19. The highest BCUT2D eigenvalue weighted by Gasteiger charge is 2.07. The molecule has 6 heteroatoms. The second-order valence-electron chi connectivity index (χ2n) is 5.84. The predicted molar refractivity (Wildman–Crippen MR) is 107 cm³/mol. The van der Waals surface area contributed by atoms with Crippen LogP contribution in [0.25, 0.3) is 0 Å². The average Bonchev–Trinajstić information content (AvgIpc) is 2.60. The fourth-order valence-corrected chi connectivity index (χ4v) is 2.67. The molecule has 0 aliphatic carbocycles. The maximum absolute atomic E-state index is 6.19. The van der Waals surface area contributed by atoms with Crippen LogP contribution in [0, 0.1) is 13.8 Å². The van der Waals surface area contributed by atoms with E-state index in [1.807, 2.05) is 69.3 Å². The molecular weight excluding hydrogens is 348 g/mol. The van der Waals surface area contributed by atoms with Crippen molar-refractivity contribution >= 4 is 34.7 Å². The van der Waals surface area contributed by atoms with Gasteiger partial charge in [0.2, 0.25) is 5.95 Å². The summed E-state index contributed by atoms with van der Waals surface area (Å²) < 4.78 is 5.46. The molecule has 0 amide bonds. The molecule has 0 fully saturated rings.